The summed E-state index contributed by atoms with van der Waals surface area (Å²) in [6.45, 7) is 0.726. The Morgan fingerprint density at radius 3 is 2.42 bits per heavy atom. The number of hydrogen-bond acceptors (Lipinski definition) is 2. The van der Waals surface area contributed by atoms with Gasteiger partial charge in [0, 0.05) is 17.5 Å². The smallest absolute Gasteiger partial charge is 0.123 e. The SMILES string of the molecule is Fc1ccc([C@@H]2CNN=C2c2ccc(Cl)cc2)cc1. The van der Waals surface area contributed by atoms with Crippen LogP contribution in [0.25, 0.3) is 0 Å². The number of benzene rings is 2. The van der Waals surface area contributed by atoms with Crippen LogP contribution in [-0.2, 0) is 0 Å². The van der Waals surface area contributed by atoms with Crippen molar-refractivity contribution in [1.29, 1.82) is 0 Å². The fourth-order valence-corrected chi connectivity index (χ4v) is 2.38. The predicted octanol–water partition coefficient (Wildman–Crippen LogP) is 3.57. The Morgan fingerprint density at radius 1 is 1.05 bits per heavy atom. The number of hydrazone groups is 1. The van der Waals surface area contributed by atoms with Gasteiger partial charge in [0.25, 0.3) is 0 Å². The summed E-state index contributed by atoms with van der Waals surface area (Å²) in [5.41, 5.74) is 6.06. The van der Waals surface area contributed by atoms with Gasteiger partial charge in [0.15, 0.2) is 0 Å². The fraction of sp³-hybridized carbons (Fsp3) is 0.133. The quantitative estimate of drug-likeness (QED) is 0.889. The minimum absolute atomic E-state index is 0.141. The van der Waals surface area contributed by atoms with Crippen LogP contribution in [0.15, 0.2) is 53.6 Å². The molecule has 0 aliphatic carbocycles. The summed E-state index contributed by atoms with van der Waals surface area (Å²) < 4.78 is 13.0. The van der Waals surface area contributed by atoms with Crippen LogP contribution in [0.2, 0.25) is 5.02 Å². The molecule has 0 spiro atoms. The van der Waals surface area contributed by atoms with Gasteiger partial charge in [-0.05, 0) is 35.4 Å². The zero-order valence-electron chi connectivity index (χ0n) is 10.1. The summed E-state index contributed by atoms with van der Waals surface area (Å²) in [6.07, 6.45) is 0. The topological polar surface area (TPSA) is 24.4 Å². The van der Waals surface area contributed by atoms with Crippen LogP contribution in [0.4, 0.5) is 4.39 Å². The number of nitrogens with one attached hydrogen (secondary N) is 1. The van der Waals surface area contributed by atoms with Crippen molar-refractivity contribution in [3.8, 4) is 0 Å². The monoisotopic (exact) mass is 274 g/mol. The molecule has 19 heavy (non-hydrogen) atoms. The van der Waals surface area contributed by atoms with E-state index in [0.717, 1.165) is 23.4 Å². The van der Waals surface area contributed by atoms with Crippen molar-refractivity contribution in [3.63, 3.8) is 0 Å². The van der Waals surface area contributed by atoms with E-state index in [1.165, 1.54) is 12.1 Å². The molecule has 1 heterocycles. The molecule has 1 atom stereocenters. The van der Waals surface area contributed by atoms with E-state index in [-0.39, 0.29) is 11.7 Å². The molecule has 0 saturated heterocycles. The fourth-order valence-electron chi connectivity index (χ4n) is 2.25. The largest absolute Gasteiger partial charge is 0.309 e. The van der Waals surface area contributed by atoms with Crippen molar-refractivity contribution >= 4 is 17.3 Å². The number of nitrogens with zero attached hydrogens (tertiary/aromatic N) is 1. The molecule has 96 valence electrons. The Hall–Kier alpha value is -1.87. The first-order chi connectivity index (χ1) is 9.24. The van der Waals surface area contributed by atoms with Crippen LogP contribution < -0.4 is 5.43 Å². The van der Waals surface area contributed by atoms with Gasteiger partial charge < -0.3 is 5.43 Å². The molecule has 2 nitrogen and oxygen atoms in total. The maximum absolute atomic E-state index is 13.0. The van der Waals surface area contributed by atoms with Crippen LogP contribution in [0.3, 0.4) is 0 Å². The average molecular weight is 275 g/mol. The first kappa shape index (κ1) is 12.2. The van der Waals surface area contributed by atoms with E-state index in [0.29, 0.717) is 5.02 Å². The van der Waals surface area contributed by atoms with Gasteiger partial charge in [-0.2, -0.15) is 5.10 Å². The lowest BCUT2D eigenvalue weighted by Gasteiger charge is -2.12. The Bertz CT molecular complexity index is 605. The van der Waals surface area contributed by atoms with Crippen molar-refractivity contribution < 1.29 is 4.39 Å². The second-order valence-electron chi connectivity index (χ2n) is 4.47. The third kappa shape index (κ3) is 2.47. The van der Waals surface area contributed by atoms with Crippen LogP contribution in [-0.4, -0.2) is 12.3 Å². The Kier molecular flexibility index (Phi) is 3.22. The molecule has 1 aliphatic rings. The Morgan fingerprint density at radius 2 is 1.74 bits per heavy atom. The molecule has 1 N–H and O–H groups in total. The number of rotatable bonds is 2. The van der Waals surface area contributed by atoms with Crippen molar-refractivity contribution in [2.75, 3.05) is 6.54 Å². The predicted molar refractivity (Wildman–Crippen MR) is 75.1 cm³/mol. The van der Waals surface area contributed by atoms with E-state index >= 15 is 0 Å². The second kappa shape index (κ2) is 5.02. The third-order valence-electron chi connectivity index (χ3n) is 3.24. The van der Waals surface area contributed by atoms with E-state index < -0.39 is 0 Å². The van der Waals surface area contributed by atoms with Gasteiger partial charge in [0.2, 0.25) is 0 Å². The summed E-state index contributed by atoms with van der Waals surface area (Å²) in [6, 6.07) is 14.2. The molecular weight excluding hydrogens is 263 g/mol. The van der Waals surface area contributed by atoms with Crippen molar-refractivity contribution in [2.24, 2.45) is 5.10 Å². The highest BCUT2D eigenvalue weighted by Crippen LogP contribution is 2.25. The van der Waals surface area contributed by atoms with Gasteiger partial charge >= 0.3 is 0 Å². The molecular formula is C15H12ClFN2. The summed E-state index contributed by atoms with van der Waals surface area (Å²) >= 11 is 5.89. The zero-order valence-corrected chi connectivity index (χ0v) is 10.9. The van der Waals surface area contributed by atoms with Crippen molar-refractivity contribution in [2.45, 2.75) is 5.92 Å². The summed E-state index contributed by atoms with van der Waals surface area (Å²) in [7, 11) is 0. The molecule has 3 rings (SSSR count). The van der Waals surface area contributed by atoms with Gasteiger partial charge in [0.05, 0.1) is 5.71 Å². The normalized spacial score (nSPS) is 18.0. The Labute approximate surface area is 115 Å². The highest BCUT2D eigenvalue weighted by Gasteiger charge is 2.24. The van der Waals surface area contributed by atoms with Crippen LogP contribution in [0, 0.1) is 5.82 Å². The van der Waals surface area contributed by atoms with Gasteiger partial charge in [-0.25, -0.2) is 4.39 Å². The summed E-state index contributed by atoms with van der Waals surface area (Å²) in [5.74, 6) is -0.0820. The van der Waals surface area contributed by atoms with E-state index in [9.17, 15) is 4.39 Å². The van der Waals surface area contributed by atoms with E-state index in [1.54, 1.807) is 12.1 Å². The lowest BCUT2D eigenvalue weighted by atomic mass is 9.91. The van der Waals surface area contributed by atoms with Gasteiger partial charge in [-0.3, -0.25) is 0 Å². The molecule has 4 heteroatoms. The third-order valence-corrected chi connectivity index (χ3v) is 3.49. The van der Waals surface area contributed by atoms with Crippen LogP contribution in [0.1, 0.15) is 17.0 Å². The molecule has 0 amide bonds. The van der Waals surface area contributed by atoms with Crippen molar-refractivity contribution in [1.82, 2.24) is 5.43 Å². The molecule has 0 saturated carbocycles. The maximum Gasteiger partial charge on any atom is 0.123 e. The molecule has 2 aromatic rings. The minimum Gasteiger partial charge on any atom is -0.309 e. The summed E-state index contributed by atoms with van der Waals surface area (Å²) in [4.78, 5) is 0. The highest BCUT2D eigenvalue weighted by molar-refractivity contribution is 6.30. The first-order valence-electron chi connectivity index (χ1n) is 6.06. The van der Waals surface area contributed by atoms with E-state index in [2.05, 4.69) is 10.5 Å². The number of halogens is 2. The lowest BCUT2D eigenvalue weighted by molar-refractivity contribution is 0.626. The molecule has 0 radical (unpaired) electrons. The molecule has 0 bridgehead atoms. The van der Waals surface area contributed by atoms with Gasteiger partial charge in [-0.15, -0.1) is 0 Å². The lowest BCUT2D eigenvalue weighted by Crippen LogP contribution is -2.14. The zero-order chi connectivity index (χ0) is 13.2. The highest BCUT2D eigenvalue weighted by atomic mass is 35.5. The second-order valence-corrected chi connectivity index (χ2v) is 4.91. The van der Waals surface area contributed by atoms with Crippen molar-refractivity contribution in [3.05, 3.63) is 70.5 Å². The molecule has 2 aromatic carbocycles. The average Bonchev–Trinajstić information content (AvgIpc) is 2.90. The van der Waals surface area contributed by atoms with Gasteiger partial charge in [0.1, 0.15) is 5.82 Å². The molecule has 0 fully saturated rings. The molecule has 0 unspecified atom stereocenters. The first-order valence-corrected chi connectivity index (χ1v) is 6.44. The van der Waals surface area contributed by atoms with Gasteiger partial charge in [-0.1, -0.05) is 35.9 Å². The van der Waals surface area contributed by atoms with E-state index in [1.807, 2.05) is 24.3 Å². The van der Waals surface area contributed by atoms with Crippen LogP contribution in [0.5, 0.6) is 0 Å². The number of hydrogen-bond donors (Lipinski definition) is 1. The summed E-state index contributed by atoms with van der Waals surface area (Å²) in [5, 5.41) is 5.05. The van der Waals surface area contributed by atoms with Crippen LogP contribution >= 0.6 is 11.6 Å². The standard InChI is InChI=1S/C15H12ClFN2/c16-12-5-1-11(2-6-12)15-14(9-18-19-15)10-3-7-13(17)8-4-10/h1-8,14,18H,9H2/t14-/m0/s1. The van der Waals surface area contributed by atoms with E-state index in [4.69, 9.17) is 11.6 Å². The molecule has 1 aliphatic heterocycles. The maximum atomic E-state index is 13.0. The molecule has 0 aromatic heterocycles. The Balaban J connectivity index is 1.93. The minimum atomic E-state index is -0.223.